The molecule has 8 heteroatoms. The number of aromatic nitrogens is 3. The maximum atomic E-state index is 12.1. The largest absolute Gasteiger partial charge is 0.347 e. The molecular weight excluding hydrogens is 274 g/mol. The first-order chi connectivity index (χ1) is 9.78. The first-order valence-corrected chi connectivity index (χ1v) is 6.24. The summed E-state index contributed by atoms with van der Waals surface area (Å²) < 4.78 is 1.28. The van der Waals surface area contributed by atoms with Gasteiger partial charge in [0.1, 0.15) is 18.3 Å². The second kappa shape index (κ2) is 5.31. The van der Waals surface area contributed by atoms with E-state index in [1.54, 1.807) is 0 Å². The lowest BCUT2D eigenvalue weighted by molar-refractivity contribution is -0.384. The molecule has 0 saturated carbocycles. The SMILES string of the molecule is CC(C)(C)NC(=O)c1ccc(-n2cncn2)c([N+](=O)[O-])c1. The van der Waals surface area contributed by atoms with Gasteiger partial charge in [-0.15, -0.1) is 0 Å². The summed E-state index contributed by atoms with van der Waals surface area (Å²) in [5.74, 6) is -0.365. The van der Waals surface area contributed by atoms with E-state index in [-0.39, 0.29) is 22.8 Å². The molecule has 0 unspecified atom stereocenters. The molecule has 8 nitrogen and oxygen atoms in total. The minimum atomic E-state index is -0.551. The van der Waals surface area contributed by atoms with Crippen LogP contribution in [0.2, 0.25) is 0 Å². The summed E-state index contributed by atoms with van der Waals surface area (Å²) in [6.07, 6.45) is 2.64. The van der Waals surface area contributed by atoms with Crippen molar-refractivity contribution in [3.8, 4) is 5.69 Å². The van der Waals surface area contributed by atoms with E-state index in [1.165, 1.54) is 35.5 Å². The Hall–Kier alpha value is -2.77. The summed E-state index contributed by atoms with van der Waals surface area (Å²) in [5.41, 5.74) is -0.149. The maximum absolute atomic E-state index is 12.1. The van der Waals surface area contributed by atoms with Crippen LogP contribution in [-0.2, 0) is 0 Å². The van der Waals surface area contributed by atoms with Crippen molar-refractivity contribution in [1.82, 2.24) is 20.1 Å². The van der Waals surface area contributed by atoms with Crippen LogP contribution < -0.4 is 5.32 Å². The highest BCUT2D eigenvalue weighted by Gasteiger charge is 2.21. The molecule has 1 aromatic carbocycles. The van der Waals surface area contributed by atoms with Gasteiger partial charge in [0, 0.05) is 17.2 Å². The lowest BCUT2D eigenvalue weighted by atomic mass is 10.1. The van der Waals surface area contributed by atoms with Crippen molar-refractivity contribution in [3.05, 3.63) is 46.5 Å². The van der Waals surface area contributed by atoms with E-state index in [0.717, 1.165) is 0 Å². The van der Waals surface area contributed by atoms with Gasteiger partial charge in [-0.25, -0.2) is 9.67 Å². The van der Waals surface area contributed by atoms with Crippen molar-refractivity contribution in [3.63, 3.8) is 0 Å². The Morgan fingerprint density at radius 3 is 2.62 bits per heavy atom. The fraction of sp³-hybridized carbons (Fsp3) is 0.308. The zero-order valence-electron chi connectivity index (χ0n) is 11.9. The van der Waals surface area contributed by atoms with Crippen LogP contribution >= 0.6 is 0 Å². The number of nitrogens with one attached hydrogen (secondary N) is 1. The second-order valence-corrected chi connectivity index (χ2v) is 5.50. The molecule has 0 aliphatic carbocycles. The summed E-state index contributed by atoms with van der Waals surface area (Å²) in [6.45, 7) is 5.51. The van der Waals surface area contributed by atoms with Crippen molar-refractivity contribution in [2.24, 2.45) is 0 Å². The molecule has 0 radical (unpaired) electrons. The van der Waals surface area contributed by atoms with E-state index < -0.39 is 10.5 Å². The van der Waals surface area contributed by atoms with Crippen LogP contribution in [0.15, 0.2) is 30.9 Å². The Kier molecular flexibility index (Phi) is 3.70. The fourth-order valence-electron chi connectivity index (χ4n) is 1.75. The third-order valence-corrected chi connectivity index (χ3v) is 2.59. The zero-order chi connectivity index (χ0) is 15.6. The van der Waals surface area contributed by atoms with Crippen molar-refractivity contribution >= 4 is 11.6 Å². The third kappa shape index (κ3) is 3.41. The molecular formula is C13H15N5O3. The molecule has 0 aliphatic rings. The van der Waals surface area contributed by atoms with E-state index in [9.17, 15) is 14.9 Å². The molecule has 1 amide bonds. The molecule has 1 aromatic heterocycles. The van der Waals surface area contributed by atoms with Gasteiger partial charge in [-0.3, -0.25) is 14.9 Å². The van der Waals surface area contributed by atoms with Crippen LogP contribution in [0, 0.1) is 10.1 Å². The summed E-state index contributed by atoms with van der Waals surface area (Å²) in [6, 6.07) is 4.23. The lowest BCUT2D eigenvalue weighted by Gasteiger charge is -2.20. The van der Waals surface area contributed by atoms with Crippen LogP contribution in [0.4, 0.5) is 5.69 Å². The Morgan fingerprint density at radius 2 is 2.10 bits per heavy atom. The monoisotopic (exact) mass is 289 g/mol. The topological polar surface area (TPSA) is 103 Å². The first kappa shape index (κ1) is 14.6. The number of carbonyl (C=O) groups is 1. The van der Waals surface area contributed by atoms with Gasteiger partial charge >= 0.3 is 0 Å². The second-order valence-electron chi connectivity index (χ2n) is 5.50. The molecule has 2 aromatic rings. The molecule has 0 saturated heterocycles. The minimum Gasteiger partial charge on any atom is -0.347 e. The van der Waals surface area contributed by atoms with Gasteiger partial charge in [0.25, 0.3) is 11.6 Å². The van der Waals surface area contributed by atoms with Crippen LogP contribution in [0.1, 0.15) is 31.1 Å². The number of nitrogens with zero attached hydrogens (tertiary/aromatic N) is 4. The molecule has 0 bridgehead atoms. The van der Waals surface area contributed by atoms with E-state index >= 15 is 0 Å². The third-order valence-electron chi connectivity index (χ3n) is 2.59. The van der Waals surface area contributed by atoms with Crippen LogP contribution in [0.25, 0.3) is 5.69 Å². The van der Waals surface area contributed by atoms with Gasteiger partial charge in [-0.05, 0) is 32.9 Å². The molecule has 0 fully saturated rings. The number of hydrogen-bond acceptors (Lipinski definition) is 5. The summed E-state index contributed by atoms with van der Waals surface area (Å²) in [4.78, 5) is 26.5. The van der Waals surface area contributed by atoms with Crippen molar-refractivity contribution < 1.29 is 9.72 Å². The molecule has 21 heavy (non-hydrogen) atoms. The summed E-state index contributed by atoms with van der Waals surface area (Å²) in [5, 5.41) is 17.8. The van der Waals surface area contributed by atoms with Gasteiger partial charge in [-0.2, -0.15) is 5.10 Å². The summed E-state index contributed by atoms with van der Waals surface area (Å²) in [7, 11) is 0. The number of nitro benzene ring substituents is 1. The molecule has 1 N–H and O–H groups in total. The van der Waals surface area contributed by atoms with E-state index in [0.29, 0.717) is 0 Å². The number of amides is 1. The number of rotatable bonds is 3. The van der Waals surface area contributed by atoms with Crippen LogP contribution in [0.5, 0.6) is 0 Å². The predicted molar refractivity (Wildman–Crippen MR) is 75.2 cm³/mol. The average molecular weight is 289 g/mol. The average Bonchev–Trinajstić information content (AvgIpc) is 2.89. The van der Waals surface area contributed by atoms with Gasteiger partial charge in [-0.1, -0.05) is 0 Å². The van der Waals surface area contributed by atoms with Crippen LogP contribution in [-0.4, -0.2) is 31.1 Å². The Labute approximate surface area is 121 Å². The minimum absolute atomic E-state index is 0.206. The molecule has 0 aliphatic heterocycles. The zero-order valence-corrected chi connectivity index (χ0v) is 11.9. The maximum Gasteiger partial charge on any atom is 0.295 e. The van der Waals surface area contributed by atoms with Crippen molar-refractivity contribution in [2.75, 3.05) is 0 Å². The standard InChI is InChI=1S/C13H15N5O3/c1-13(2,3)16-12(19)9-4-5-10(11(6-9)18(20)21)17-8-14-7-15-17/h4-8H,1-3H3,(H,16,19). The van der Waals surface area contributed by atoms with Crippen LogP contribution in [0.3, 0.4) is 0 Å². The number of hydrogen-bond donors (Lipinski definition) is 1. The highest BCUT2D eigenvalue weighted by atomic mass is 16.6. The van der Waals surface area contributed by atoms with E-state index in [2.05, 4.69) is 15.4 Å². The Balaban J connectivity index is 2.42. The van der Waals surface area contributed by atoms with E-state index in [1.807, 2.05) is 20.8 Å². The number of nitro groups is 1. The van der Waals surface area contributed by atoms with Gasteiger partial charge in [0.15, 0.2) is 0 Å². The quantitative estimate of drug-likeness (QED) is 0.684. The molecule has 1 heterocycles. The molecule has 110 valence electrons. The highest BCUT2D eigenvalue weighted by Crippen LogP contribution is 2.23. The first-order valence-electron chi connectivity index (χ1n) is 6.24. The smallest absolute Gasteiger partial charge is 0.295 e. The molecule has 0 atom stereocenters. The predicted octanol–water partition coefficient (Wildman–Crippen LogP) is 1.70. The van der Waals surface area contributed by atoms with E-state index in [4.69, 9.17) is 0 Å². The number of benzene rings is 1. The van der Waals surface area contributed by atoms with Crippen molar-refractivity contribution in [1.29, 1.82) is 0 Å². The molecule has 0 spiro atoms. The number of carbonyl (C=O) groups excluding carboxylic acids is 1. The molecule has 2 rings (SSSR count). The summed E-state index contributed by atoms with van der Waals surface area (Å²) >= 11 is 0. The highest BCUT2D eigenvalue weighted by molar-refractivity contribution is 5.95. The van der Waals surface area contributed by atoms with Gasteiger partial charge in [0.05, 0.1) is 4.92 Å². The Bertz CT molecular complexity index is 674. The fourth-order valence-corrected chi connectivity index (χ4v) is 1.75. The normalized spacial score (nSPS) is 11.2. The Morgan fingerprint density at radius 1 is 1.38 bits per heavy atom. The lowest BCUT2D eigenvalue weighted by Crippen LogP contribution is -2.40. The van der Waals surface area contributed by atoms with Gasteiger partial charge in [0.2, 0.25) is 0 Å². The van der Waals surface area contributed by atoms with Gasteiger partial charge < -0.3 is 5.32 Å². The van der Waals surface area contributed by atoms with Crippen molar-refractivity contribution in [2.45, 2.75) is 26.3 Å².